The van der Waals surface area contributed by atoms with Crippen LogP contribution in [0.15, 0.2) is 52.6 Å². The van der Waals surface area contributed by atoms with Gasteiger partial charge in [-0.15, -0.1) is 15.7 Å². The molecule has 0 spiro atoms. The molecule has 7 nitrogen and oxygen atoms in total. The van der Waals surface area contributed by atoms with Crippen molar-refractivity contribution in [3.05, 3.63) is 53.2 Å². The van der Waals surface area contributed by atoms with Crippen molar-refractivity contribution in [3.8, 4) is 0 Å². The minimum Gasteiger partial charge on any atom is -0.339 e. The smallest absolute Gasteiger partial charge is 0.256 e. The van der Waals surface area contributed by atoms with Gasteiger partial charge in [0.05, 0.1) is 26.6 Å². The molecule has 150 valence electrons. The van der Waals surface area contributed by atoms with Gasteiger partial charge in [-0.2, -0.15) is 0 Å². The molecular weight excluding hydrogens is 408 g/mol. The standard InChI is InChI=1S/C20H20N4O3S2/c25-20(15-5-6-18-22-29(26,27)12-11-24(18)13-15)23-9-7-14(8-10-23)19-21-16-3-1-2-4-17(16)28-19/h1-6,13-14H,7-12H2. The second-order valence-electron chi connectivity index (χ2n) is 7.43. The number of para-hydroxylation sites is 1. The maximum atomic E-state index is 12.9. The van der Waals surface area contributed by atoms with E-state index in [4.69, 9.17) is 4.98 Å². The lowest BCUT2D eigenvalue weighted by Crippen LogP contribution is -2.41. The summed E-state index contributed by atoms with van der Waals surface area (Å²) in [6.45, 7) is 1.71. The molecule has 29 heavy (non-hydrogen) atoms. The molecule has 0 unspecified atom stereocenters. The highest BCUT2D eigenvalue weighted by Crippen LogP contribution is 2.34. The molecule has 1 aromatic carbocycles. The second kappa shape index (κ2) is 7.07. The van der Waals surface area contributed by atoms with Gasteiger partial charge in [-0.05, 0) is 37.1 Å². The number of fused-ring (bicyclic) bond motifs is 2. The first-order valence-electron chi connectivity index (χ1n) is 9.62. The van der Waals surface area contributed by atoms with E-state index in [1.54, 1.807) is 34.6 Å². The molecule has 2 aromatic rings. The van der Waals surface area contributed by atoms with Crippen LogP contribution in [-0.4, -0.2) is 60.3 Å². The van der Waals surface area contributed by atoms with Gasteiger partial charge in [0.2, 0.25) is 0 Å². The molecular formula is C20H20N4O3S2. The molecule has 1 fully saturated rings. The Morgan fingerprint density at radius 3 is 2.69 bits per heavy atom. The number of hydrogen-bond donors (Lipinski definition) is 0. The van der Waals surface area contributed by atoms with Crippen molar-refractivity contribution in [1.29, 1.82) is 0 Å². The van der Waals surface area contributed by atoms with E-state index in [1.807, 2.05) is 23.1 Å². The number of carbonyl (C=O) groups excluding carboxylic acids is 1. The zero-order chi connectivity index (χ0) is 20.0. The zero-order valence-corrected chi connectivity index (χ0v) is 17.3. The van der Waals surface area contributed by atoms with Crippen LogP contribution in [0, 0.1) is 0 Å². The van der Waals surface area contributed by atoms with Gasteiger partial charge < -0.3 is 9.80 Å². The van der Waals surface area contributed by atoms with Crippen LogP contribution in [0.5, 0.6) is 0 Å². The summed E-state index contributed by atoms with van der Waals surface area (Å²) in [5, 5.41) is 1.16. The number of nitrogens with zero attached hydrogens (tertiary/aromatic N) is 4. The van der Waals surface area contributed by atoms with Gasteiger partial charge in [0.15, 0.2) is 0 Å². The third-order valence-electron chi connectivity index (χ3n) is 5.51. The maximum Gasteiger partial charge on any atom is 0.256 e. The Labute approximate surface area is 173 Å². The molecule has 0 N–H and O–H groups in total. The highest BCUT2D eigenvalue weighted by atomic mass is 32.2. The van der Waals surface area contributed by atoms with Crippen LogP contribution < -0.4 is 0 Å². The van der Waals surface area contributed by atoms with Crippen molar-refractivity contribution < 1.29 is 13.2 Å². The number of carbonyl (C=O) groups is 1. The fourth-order valence-electron chi connectivity index (χ4n) is 3.90. The average molecular weight is 429 g/mol. The fourth-order valence-corrected chi connectivity index (χ4v) is 6.01. The van der Waals surface area contributed by atoms with Crippen LogP contribution in [0.2, 0.25) is 0 Å². The number of aromatic nitrogens is 1. The predicted molar refractivity (Wildman–Crippen MR) is 113 cm³/mol. The third-order valence-corrected chi connectivity index (χ3v) is 7.88. The predicted octanol–water partition coefficient (Wildman–Crippen LogP) is 2.50. The number of thiazole rings is 1. The number of hydrogen-bond acceptors (Lipinski definition) is 6. The topological polar surface area (TPSA) is 82.9 Å². The van der Waals surface area contributed by atoms with Crippen molar-refractivity contribution in [2.24, 2.45) is 4.40 Å². The number of sulfonamides is 1. The lowest BCUT2D eigenvalue weighted by molar-refractivity contribution is -0.127. The SMILES string of the molecule is O=C(C1=CN2CCS(=O)(=O)N=C2C=C1)N1CCC(c2nc3ccccc3s2)CC1. The van der Waals surface area contributed by atoms with Crippen molar-refractivity contribution in [3.63, 3.8) is 0 Å². The number of piperidine rings is 1. The summed E-state index contributed by atoms with van der Waals surface area (Å²) < 4.78 is 28.2. The Hall–Kier alpha value is -2.52. The van der Waals surface area contributed by atoms with E-state index in [0.717, 1.165) is 23.4 Å². The fraction of sp³-hybridized carbons (Fsp3) is 0.350. The number of amidine groups is 1. The molecule has 1 saturated heterocycles. The minimum atomic E-state index is -3.39. The Balaban J connectivity index is 1.26. The van der Waals surface area contributed by atoms with Gasteiger partial charge in [-0.3, -0.25) is 4.79 Å². The molecule has 9 heteroatoms. The lowest BCUT2D eigenvalue weighted by atomic mass is 9.97. The van der Waals surface area contributed by atoms with Crippen LogP contribution in [0.25, 0.3) is 10.2 Å². The van der Waals surface area contributed by atoms with Gasteiger partial charge in [0.1, 0.15) is 5.84 Å². The first-order chi connectivity index (χ1) is 14.0. The first kappa shape index (κ1) is 18.5. The van der Waals surface area contributed by atoms with Crippen LogP contribution in [-0.2, 0) is 14.8 Å². The van der Waals surface area contributed by atoms with Crippen molar-refractivity contribution >= 4 is 43.3 Å². The largest absolute Gasteiger partial charge is 0.339 e. The van der Waals surface area contributed by atoms with Crippen LogP contribution in [0.4, 0.5) is 0 Å². The van der Waals surface area contributed by atoms with E-state index in [2.05, 4.69) is 10.5 Å². The molecule has 1 aromatic heterocycles. The molecule has 0 aliphatic carbocycles. The number of likely N-dealkylation sites (tertiary alicyclic amines) is 1. The molecule has 4 heterocycles. The van der Waals surface area contributed by atoms with Gasteiger partial charge in [0, 0.05) is 31.8 Å². The van der Waals surface area contributed by atoms with Gasteiger partial charge in [-0.25, -0.2) is 13.4 Å². The third kappa shape index (κ3) is 3.60. The highest BCUT2D eigenvalue weighted by Gasteiger charge is 2.29. The first-order valence-corrected chi connectivity index (χ1v) is 12.0. The van der Waals surface area contributed by atoms with Crippen molar-refractivity contribution in [1.82, 2.24) is 14.8 Å². The van der Waals surface area contributed by atoms with Crippen LogP contribution in [0.3, 0.4) is 0 Å². The minimum absolute atomic E-state index is 0.0171. The summed E-state index contributed by atoms with van der Waals surface area (Å²) in [4.78, 5) is 21.3. The van der Waals surface area contributed by atoms with E-state index in [9.17, 15) is 13.2 Å². The molecule has 0 saturated carbocycles. The maximum absolute atomic E-state index is 12.9. The van der Waals surface area contributed by atoms with Gasteiger partial charge in [0.25, 0.3) is 15.9 Å². The van der Waals surface area contributed by atoms with Crippen LogP contribution in [0.1, 0.15) is 23.8 Å². The summed E-state index contributed by atoms with van der Waals surface area (Å²) in [7, 11) is -3.39. The van der Waals surface area contributed by atoms with Crippen molar-refractivity contribution in [2.45, 2.75) is 18.8 Å². The molecule has 3 aliphatic heterocycles. The van der Waals surface area contributed by atoms with E-state index < -0.39 is 10.0 Å². The molecule has 1 amide bonds. The summed E-state index contributed by atoms with van der Waals surface area (Å²) >= 11 is 1.75. The summed E-state index contributed by atoms with van der Waals surface area (Å²) in [5.41, 5.74) is 1.62. The Kier molecular flexibility index (Phi) is 4.51. The monoisotopic (exact) mass is 428 g/mol. The van der Waals surface area contributed by atoms with Crippen LogP contribution >= 0.6 is 11.3 Å². The molecule has 0 bridgehead atoms. The normalized spacial score (nSPS) is 21.7. The summed E-state index contributed by atoms with van der Waals surface area (Å²) in [6, 6.07) is 8.18. The molecule has 3 aliphatic rings. The van der Waals surface area contributed by atoms with E-state index in [1.165, 1.54) is 4.70 Å². The highest BCUT2D eigenvalue weighted by molar-refractivity contribution is 7.90. The lowest BCUT2D eigenvalue weighted by Gasteiger charge is -2.33. The Morgan fingerprint density at radius 2 is 1.90 bits per heavy atom. The molecule has 5 rings (SSSR count). The Morgan fingerprint density at radius 1 is 1.10 bits per heavy atom. The number of benzene rings is 1. The Bertz CT molecular complexity index is 1140. The zero-order valence-electron chi connectivity index (χ0n) is 15.7. The quantitative estimate of drug-likeness (QED) is 0.734. The molecule has 0 atom stereocenters. The van der Waals surface area contributed by atoms with Gasteiger partial charge in [-0.1, -0.05) is 12.1 Å². The molecule has 0 radical (unpaired) electrons. The van der Waals surface area contributed by atoms with E-state index in [0.29, 0.717) is 37.0 Å². The van der Waals surface area contributed by atoms with E-state index in [-0.39, 0.29) is 11.7 Å². The second-order valence-corrected chi connectivity index (χ2v) is 10.2. The number of amides is 1. The summed E-state index contributed by atoms with van der Waals surface area (Å²) in [5.74, 6) is 0.716. The summed E-state index contributed by atoms with van der Waals surface area (Å²) in [6.07, 6.45) is 6.79. The van der Waals surface area contributed by atoms with Gasteiger partial charge >= 0.3 is 0 Å². The average Bonchev–Trinajstić information content (AvgIpc) is 3.17. The van der Waals surface area contributed by atoms with E-state index >= 15 is 0 Å². The van der Waals surface area contributed by atoms with Crippen molar-refractivity contribution in [2.75, 3.05) is 25.4 Å². The number of rotatable bonds is 2.